The molecule has 1 aliphatic rings. The summed E-state index contributed by atoms with van der Waals surface area (Å²) in [5.41, 5.74) is -0.419. The lowest BCUT2D eigenvalue weighted by molar-refractivity contribution is -0.191. The van der Waals surface area contributed by atoms with Crippen LogP contribution in [0, 0.1) is 5.82 Å². The molecule has 0 amide bonds. The van der Waals surface area contributed by atoms with Crippen molar-refractivity contribution >= 4 is 40.8 Å². The van der Waals surface area contributed by atoms with Crippen LogP contribution in [0.25, 0.3) is 0 Å². The van der Waals surface area contributed by atoms with E-state index in [1.165, 1.54) is 24.3 Å². The highest BCUT2D eigenvalue weighted by atomic mass is 35.6. The second kappa shape index (κ2) is 4.55. The van der Waals surface area contributed by atoms with Crippen LogP contribution in [0.4, 0.5) is 4.39 Å². The number of cyclic esters (lactones) is 1. The predicted molar refractivity (Wildman–Crippen MR) is 68.5 cm³/mol. The lowest BCUT2D eigenvalue weighted by atomic mass is 9.70. The molecule has 0 N–H and O–H groups in total. The molecule has 1 saturated heterocycles. The Morgan fingerprint density at radius 1 is 1.33 bits per heavy atom. The molecule has 0 aromatic heterocycles. The van der Waals surface area contributed by atoms with Crippen LogP contribution in [-0.2, 0) is 14.9 Å². The number of alkyl halides is 3. The van der Waals surface area contributed by atoms with E-state index in [0.29, 0.717) is 12.0 Å². The number of carbonyl (C=O) groups excluding carboxylic acids is 1. The van der Waals surface area contributed by atoms with Crippen molar-refractivity contribution in [3.05, 3.63) is 35.6 Å². The van der Waals surface area contributed by atoms with Crippen molar-refractivity contribution in [3.8, 4) is 0 Å². The Morgan fingerprint density at radius 2 is 1.89 bits per heavy atom. The first-order chi connectivity index (χ1) is 8.32. The van der Waals surface area contributed by atoms with E-state index in [4.69, 9.17) is 39.5 Å². The number of ether oxygens (including phenoxy) is 1. The third-order valence-corrected chi connectivity index (χ3v) is 3.85. The van der Waals surface area contributed by atoms with Crippen LogP contribution < -0.4 is 0 Å². The highest BCUT2D eigenvalue weighted by Crippen LogP contribution is 2.52. The summed E-state index contributed by atoms with van der Waals surface area (Å²) in [6.07, 6.45) is -0.450. The van der Waals surface area contributed by atoms with Crippen molar-refractivity contribution in [1.82, 2.24) is 0 Å². The minimum Gasteiger partial charge on any atom is -0.455 e. The largest absolute Gasteiger partial charge is 0.455 e. The van der Waals surface area contributed by atoms with Gasteiger partial charge >= 0.3 is 5.97 Å². The van der Waals surface area contributed by atoms with Gasteiger partial charge < -0.3 is 4.74 Å². The fourth-order valence-corrected chi connectivity index (χ4v) is 2.95. The summed E-state index contributed by atoms with van der Waals surface area (Å²) >= 11 is 17.5. The molecule has 0 radical (unpaired) electrons. The zero-order valence-electron chi connectivity index (χ0n) is 9.42. The van der Waals surface area contributed by atoms with Crippen molar-refractivity contribution in [3.63, 3.8) is 0 Å². The van der Waals surface area contributed by atoms with Gasteiger partial charge in [0.2, 0.25) is 3.79 Å². The lowest BCUT2D eigenvalue weighted by Crippen LogP contribution is -2.64. The minimum absolute atomic E-state index is 0.386. The molecular weight excluding hydrogens is 301 g/mol. The van der Waals surface area contributed by atoms with Crippen molar-refractivity contribution in [2.45, 2.75) is 28.7 Å². The molecule has 1 fully saturated rings. The smallest absolute Gasteiger partial charge is 0.321 e. The highest BCUT2D eigenvalue weighted by Gasteiger charge is 2.65. The fraction of sp³-hybridized carbons (Fsp3) is 0.417. The van der Waals surface area contributed by atoms with E-state index in [0.717, 1.165) is 0 Å². The number of benzene rings is 1. The first-order valence-electron chi connectivity index (χ1n) is 5.36. The SMILES string of the molecule is CC[C@@]1(c2ccc(F)cc2)C(=O)O[C@H]1C(Cl)(Cl)Cl. The van der Waals surface area contributed by atoms with Crippen LogP contribution in [0.1, 0.15) is 18.9 Å². The molecule has 2 rings (SSSR count). The molecule has 2 atom stereocenters. The Morgan fingerprint density at radius 3 is 2.28 bits per heavy atom. The second-order valence-electron chi connectivity index (χ2n) is 4.16. The molecule has 1 aromatic carbocycles. The molecule has 0 aliphatic carbocycles. The Balaban J connectivity index is 2.47. The normalized spacial score (nSPS) is 27.6. The predicted octanol–water partition coefficient (Wildman–Crippen LogP) is 3.77. The highest BCUT2D eigenvalue weighted by molar-refractivity contribution is 6.68. The summed E-state index contributed by atoms with van der Waals surface area (Å²) in [5, 5.41) is 0. The van der Waals surface area contributed by atoms with Crippen molar-refractivity contribution in [2.24, 2.45) is 0 Å². The summed E-state index contributed by atoms with van der Waals surface area (Å²) in [6, 6.07) is 5.58. The number of esters is 1. The standard InChI is InChI=1S/C12H10Cl3FO2/c1-2-11(7-3-5-8(16)6-4-7)9(12(13,14)15)18-10(11)17/h3-6,9H,2H2,1H3/t9-,11+/m1/s1. The molecule has 2 nitrogen and oxygen atoms in total. The van der Waals surface area contributed by atoms with Gasteiger partial charge in [0.05, 0.1) is 0 Å². The van der Waals surface area contributed by atoms with E-state index < -0.39 is 21.3 Å². The van der Waals surface area contributed by atoms with Gasteiger partial charge in [-0.3, -0.25) is 4.79 Å². The van der Waals surface area contributed by atoms with Gasteiger partial charge in [-0.1, -0.05) is 53.9 Å². The summed E-state index contributed by atoms with van der Waals surface area (Å²) in [5.74, 6) is -0.837. The molecule has 1 aliphatic heterocycles. The monoisotopic (exact) mass is 310 g/mol. The van der Waals surface area contributed by atoms with Crippen LogP contribution in [0.2, 0.25) is 0 Å². The van der Waals surface area contributed by atoms with E-state index in [9.17, 15) is 9.18 Å². The average molecular weight is 312 g/mol. The van der Waals surface area contributed by atoms with Gasteiger partial charge in [-0.05, 0) is 24.1 Å². The second-order valence-corrected chi connectivity index (χ2v) is 6.53. The molecule has 98 valence electrons. The van der Waals surface area contributed by atoms with E-state index in [1.54, 1.807) is 6.92 Å². The molecule has 1 aromatic rings. The summed E-state index contributed by atoms with van der Waals surface area (Å²) in [6.45, 7) is 1.80. The molecule has 6 heteroatoms. The molecule has 18 heavy (non-hydrogen) atoms. The topological polar surface area (TPSA) is 26.3 Å². The average Bonchev–Trinajstić information content (AvgIpc) is 2.28. The van der Waals surface area contributed by atoms with Gasteiger partial charge in [0.15, 0.2) is 6.10 Å². The Labute approximate surface area is 119 Å². The minimum atomic E-state index is -1.71. The Hall–Kier alpha value is -0.510. The van der Waals surface area contributed by atoms with Crippen LogP contribution in [-0.4, -0.2) is 15.9 Å². The van der Waals surface area contributed by atoms with E-state index in [1.807, 2.05) is 0 Å². The van der Waals surface area contributed by atoms with Crippen molar-refractivity contribution < 1.29 is 13.9 Å². The number of hydrogen-bond donors (Lipinski definition) is 0. The molecular formula is C12H10Cl3FO2. The zero-order chi connectivity index (χ0) is 13.6. The molecule has 0 saturated carbocycles. The maximum atomic E-state index is 12.9. The lowest BCUT2D eigenvalue weighted by Gasteiger charge is -2.49. The van der Waals surface area contributed by atoms with Crippen LogP contribution >= 0.6 is 34.8 Å². The zero-order valence-corrected chi connectivity index (χ0v) is 11.7. The van der Waals surface area contributed by atoms with Crippen LogP contribution in [0.3, 0.4) is 0 Å². The van der Waals surface area contributed by atoms with Gasteiger partial charge in [0, 0.05) is 0 Å². The summed E-state index contributed by atoms with van der Waals surface area (Å²) in [4.78, 5) is 11.8. The molecule has 0 bridgehead atoms. The Bertz CT molecular complexity index is 469. The quantitative estimate of drug-likeness (QED) is 0.614. The van der Waals surface area contributed by atoms with E-state index in [2.05, 4.69) is 0 Å². The number of halogens is 4. The molecule has 0 spiro atoms. The van der Waals surface area contributed by atoms with E-state index in [-0.39, 0.29) is 5.82 Å². The first kappa shape index (κ1) is 13.9. The number of rotatable bonds is 2. The van der Waals surface area contributed by atoms with Crippen LogP contribution in [0.5, 0.6) is 0 Å². The van der Waals surface area contributed by atoms with Gasteiger partial charge in [-0.2, -0.15) is 0 Å². The maximum Gasteiger partial charge on any atom is 0.321 e. The number of carbonyl (C=O) groups is 1. The van der Waals surface area contributed by atoms with Crippen molar-refractivity contribution in [2.75, 3.05) is 0 Å². The van der Waals surface area contributed by atoms with Gasteiger partial charge in [-0.15, -0.1) is 0 Å². The first-order valence-corrected chi connectivity index (χ1v) is 6.49. The maximum absolute atomic E-state index is 12.9. The van der Waals surface area contributed by atoms with Gasteiger partial charge in [0.1, 0.15) is 11.2 Å². The molecule has 0 unspecified atom stereocenters. The van der Waals surface area contributed by atoms with Gasteiger partial charge in [0.25, 0.3) is 0 Å². The van der Waals surface area contributed by atoms with Crippen molar-refractivity contribution in [1.29, 1.82) is 0 Å². The van der Waals surface area contributed by atoms with Crippen LogP contribution in [0.15, 0.2) is 24.3 Å². The summed E-state index contributed by atoms with van der Waals surface area (Å²) < 4.78 is 16.2. The Kier molecular flexibility index (Phi) is 3.52. The van der Waals surface area contributed by atoms with E-state index >= 15 is 0 Å². The number of hydrogen-bond acceptors (Lipinski definition) is 2. The third kappa shape index (κ3) is 1.98. The molecule has 1 heterocycles. The third-order valence-electron chi connectivity index (χ3n) is 3.25. The van der Waals surface area contributed by atoms with Gasteiger partial charge in [-0.25, -0.2) is 4.39 Å². The fourth-order valence-electron chi connectivity index (χ4n) is 2.26. The summed E-state index contributed by atoms with van der Waals surface area (Å²) in [7, 11) is 0.